The molecule has 0 aliphatic carbocycles. The van der Waals surface area contributed by atoms with Crippen LogP contribution in [0.5, 0.6) is 0 Å². The van der Waals surface area contributed by atoms with Crippen molar-refractivity contribution < 1.29 is 0 Å². The molecular weight excluding hydrogens is 238 g/mol. The minimum Gasteiger partial charge on any atom is -0.314 e. The second-order valence-corrected chi connectivity index (χ2v) is 5.84. The fourth-order valence-corrected chi connectivity index (χ4v) is 2.94. The number of rotatable bonds is 10. The fraction of sp³-hybridized carbons (Fsp3) is 0.625. The third-order valence-corrected chi connectivity index (χ3v) is 4.24. The van der Waals surface area contributed by atoms with Gasteiger partial charge in [-0.15, -0.1) is 0 Å². The van der Waals surface area contributed by atoms with E-state index in [0.29, 0.717) is 0 Å². The highest BCUT2D eigenvalue weighted by atomic mass is 32.2. The average molecular weight is 265 g/mol. The summed E-state index contributed by atoms with van der Waals surface area (Å²) in [6.07, 6.45) is 5.13. The van der Waals surface area contributed by atoms with Crippen molar-refractivity contribution in [3.8, 4) is 0 Å². The maximum Gasteiger partial charge on any atom is 0.0184 e. The Balaban J connectivity index is 2.03. The lowest BCUT2D eigenvalue weighted by Gasteiger charge is -2.16. The molecule has 1 nitrogen and oxygen atoms in total. The molecule has 1 aromatic carbocycles. The minimum absolute atomic E-state index is 0.724. The van der Waals surface area contributed by atoms with Crippen LogP contribution in [0, 0.1) is 0 Å². The van der Waals surface area contributed by atoms with Crippen molar-refractivity contribution in [2.75, 3.05) is 12.3 Å². The number of hydrogen-bond acceptors (Lipinski definition) is 2. The standard InChI is InChI=1S/C16H27NS/c1-3-12-17-16(4-2)11-8-13-18-14-15-9-6-5-7-10-15/h5-7,9-10,16-17H,3-4,8,11-14H2,1-2H3. The molecule has 0 amide bonds. The molecule has 0 fully saturated rings. The van der Waals surface area contributed by atoms with Gasteiger partial charge in [-0.2, -0.15) is 11.8 Å². The fourth-order valence-electron chi connectivity index (χ4n) is 2.00. The molecule has 1 aromatic rings. The Morgan fingerprint density at radius 1 is 1.17 bits per heavy atom. The number of thioether (sulfide) groups is 1. The van der Waals surface area contributed by atoms with Crippen molar-refractivity contribution in [1.29, 1.82) is 0 Å². The topological polar surface area (TPSA) is 12.0 Å². The summed E-state index contributed by atoms with van der Waals surface area (Å²) in [5.74, 6) is 2.43. The molecule has 0 spiro atoms. The van der Waals surface area contributed by atoms with Crippen LogP contribution in [0.3, 0.4) is 0 Å². The molecule has 0 radical (unpaired) electrons. The maximum absolute atomic E-state index is 3.62. The van der Waals surface area contributed by atoms with Gasteiger partial charge in [0, 0.05) is 11.8 Å². The van der Waals surface area contributed by atoms with Gasteiger partial charge in [0.2, 0.25) is 0 Å². The van der Waals surface area contributed by atoms with E-state index in [1.165, 1.54) is 37.0 Å². The van der Waals surface area contributed by atoms with Gasteiger partial charge in [-0.05, 0) is 43.5 Å². The van der Waals surface area contributed by atoms with E-state index >= 15 is 0 Å². The zero-order valence-electron chi connectivity index (χ0n) is 11.8. The first-order valence-electron chi connectivity index (χ1n) is 7.21. The SMILES string of the molecule is CCCNC(CC)CCCSCc1ccccc1. The molecule has 0 aliphatic heterocycles. The molecule has 1 rings (SSSR count). The zero-order valence-corrected chi connectivity index (χ0v) is 12.6. The Labute approximate surface area is 117 Å². The van der Waals surface area contributed by atoms with Crippen molar-refractivity contribution in [1.82, 2.24) is 5.32 Å². The predicted octanol–water partition coefficient (Wildman–Crippen LogP) is 4.48. The quantitative estimate of drug-likeness (QED) is 0.626. The summed E-state index contributed by atoms with van der Waals surface area (Å²) in [7, 11) is 0. The Bertz CT molecular complexity index is 286. The predicted molar refractivity (Wildman–Crippen MR) is 84.2 cm³/mol. The zero-order chi connectivity index (χ0) is 13.1. The third-order valence-electron chi connectivity index (χ3n) is 3.13. The van der Waals surface area contributed by atoms with E-state index in [1.54, 1.807) is 0 Å². The largest absolute Gasteiger partial charge is 0.314 e. The lowest BCUT2D eigenvalue weighted by atomic mass is 10.1. The van der Waals surface area contributed by atoms with Crippen molar-refractivity contribution in [2.24, 2.45) is 0 Å². The molecule has 0 saturated heterocycles. The van der Waals surface area contributed by atoms with Crippen LogP contribution in [0.25, 0.3) is 0 Å². The lowest BCUT2D eigenvalue weighted by molar-refractivity contribution is 0.465. The molecule has 0 heterocycles. The van der Waals surface area contributed by atoms with E-state index in [4.69, 9.17) is 0 Å². The summed E-state index contributed by atoms with van der Waals surface area (Å²) in [6, 6.07) is 11.5. The first kappa shape index (κ1) is 15.6. The van der Waals surface area contributed by atoms with Crippen LogP contribution in [0.4, 0.5) is 0 Å². The molecule has 0 aromatic heterocycles. The molecule has 1 N–H and O–H groups in total. The van der Waals surface area contributed by atoms with E-state index in [0.717, 1.165) is 18.3 Å². The second-order valence-electron chi connectivity index (χ2n) is 4.74. The molecule has 1 unspecified atom stereocenters. The number of nitrogens with one attached hydrogen (secondary N) is 1. The summed E-state index contributed by atoms with van der Waals surface area (Å²) in [5.41, 5.74) is 1.44. The highest BCUT2D eigenvalue weighted by Gasteiger charge is 2.03. The molecular formula is C16H27NS. The molecule has 102 valence electrons. The second kappa shape index (κ2) is 10.5. The Kier molecular flexibility index (Phi) is 9.05. The van der Waals surface area contributed by atoms with Crippen molar-refractivity contribution in [2.45, 2.75) is 51.3 Å². The normalized spacial score (nSPS) is 12.6. The smallest absolute Gasteiger partial charge is 0.0184 e. The van der Waals surface area contributed by atoms with Crippen LogP contribution >= 0.6 is 11.8 Å². The van der Waals surface area contributed by atoms with E-state index in [9.17, 15) is 0 Å². The Morgan fingerprint density at radius 2 is 1.94 bits per heavy atom. The van der Waals surface area contributed by atoms with Crippen LogP contribution in [0.2, 0.25) is 0 Å². The summed E-state index contributed by atoms with van der Waals surface area (Å²) < 4.78 is 0. The van der Waals surface area contributed by atoms with Crippen molar-refractivity contribution >= 4 is 11.8 Å². The van der Waals surface area contributed by atoms with Crippen molar-refractivity contribution in [3.05, 3.63) is 35.9 Å². The molecule has 2 heteroatoms. The molecule has 0 bridgehead atoms. The van der Waals surface area contributed by atoms with E-state index < -0.39 is 0 Å². The maximum atomic E-state index is 3.62. The average Bonchev–Trinajstić information content (AvgIpc) is 2.43. The highest BCUT2D eigenvalue weighted by Crippen LogP contribution is 2.14. The number of hydrogen-bond donors (Lipinski definition) is 1. The number of benzene rings is 1. The van der Waals surface area contributed by atoms with Gasteiger partial charge in [-0.1, -0.05) is 44.2 Å². The molecule has 0 saturated carbocycles. The van der Waals surface area contributed by atoms with Crippen LogP contribution in [-0.4, -0.2) is 18.3 Å². The van der Waals surface area contributed by atoms with Crippen LogP contribution in [-0.2, 0) is 5.75 Å². The summed E-state index contributed by atoms with van der Waals surface area (Å²) in [6.45, 7) is 5.68. The van der Waals surface area contributed by atoms with Gasteiger partial charge in [0.25, 0.3) is 0 Å². The van der Waals surface area contributed by atoms with Crippen molar-refractivity contribution in [3.63, 3.8) is 0 Å². The van der Waals surface area contributed by atoms with Gasteiger partial charge in [0.1, 0.15) is 0 Å². The minimum atomic E-state index is 0.724. The van der Waals surface area contributed by atoms with E-state index in [-0.39, 0.29) is 0 Å². The monoisotopic (exact) mass is 265 g/mol. The first-order valence-corrected chi connectivity index (χ1v) is 8.37. The van der Waals surface area contributed by atoms with E-state index in [1.807, 2.05) is 0 Å². The summed E-state index contributed by atoms with van der Waals surface area (Å²) in [5, 5.41) is 3.62. The lowest BCUT2D eigenvalue weighted by Crippen LogP contribution is -2.29. The van der Waals surface area contributed by atoms with Gasteiger partial charge >= 0.3 is 0 Å². The molecule has 1 atom stereocenters. The highest BCUT2D eigenvalue weighted by molar-refractivity contribution is 7.98. The Hall–Kier alpha value is -0.470. The summed E-state index contributed by atoms with van der Waals surface area (Å²) in [4.78, 5) is 0. The van der Waals surface area contributed by atoms with E-state index in [2.05, 4.69) is 61.3 Å². The van der Waals surface area contributed by atoms with Gasteiger partial charge in [0.15, 0.2) is 0 Å². The van der Waals surface area contributed by atoms with Gasteiger partial charge < -0.3 is 5.32 Å². The van der Waals surface area contributed by atoms with Crippen LogP contribution < -0.4 is 5.32 Å². The van der Waals surface area contributed by atoms with Gasteiger partial charge in [-0.3, -0.25) is 0 Å². The molecule has 0 aliphatic rings. The summed E-state index contributed by atoms with van der Waals surface area (Å²) >= 11 is 2.05. The van der Waals surface area contributed by atoms with Gasteiger partial charge in [0.05, 0.1) is 0 Å². The third kappa shape index (κ3) is 7.07. The molecule has 18 heavy (non-hydrogen) atoms. The van der Waals surface area contributed by atoms with Gasteiger partial charge in [-0.25, -0.2) is 0 Å². The van der Waals surface area contributed by atoms with Crippen LogP contribution in [0.15, 0.2) is 30.3 Å². The van der Waals surface area contributed by atoms with Crippen LogP contribution in [0.1, 0.15) is 45.1 Å². The first-order chi connectivity index (χ1) is 8.86. The Morgan fingerprint density at radius 3 is 2.61 bits per heavy atom.